The number of H-pyrrole nitrogens is 1. The number of nitrogens with zero attached hydrogens (tertiary/aromatic N) is 4. The minimum Gasteiger partial charge on any atom is -0.395 e. The monoisotopic (exact) mass is 352 g/mol. The fourth-order valence-electron chi connectivity index (χ4n) is 3.43. The zero-order valence-electron chi connectivity index (χ0n) is 13.1. The first kappa shape index (κ1) is 15.8. The maximum atomic E-state index is 12.5. The number of nitrogens with one attached hydrogen (secondary N) is 2. The summed E-state index contributed by atoms with van der Waals surface area (Å²) in [5.74, 6) is 0.841. The van der Waals surface area contributed by atoms with Gasteiger partial charge in [0, 0.05) is 32.4 Å². The van der Waals surface area contributed by atoms with Gasteiger partial charge in [0.1, 0.15) is 17.8 Å². The summed E-state index contributed by atoms with van der Waals surface area (Å²) >= 11 is 0. The van der Waals surface area contributed by atoms with E-state index in [2.05, 4.69) is 24.6 Å². The Balaban J connectivity index is 1.59. The topological polar surface area (TPSA) is 114 Å². The van der Waals surface area contributed by atoms with E-state index in [1.165, 1.54) is 6.33 Å². The zero-order valence-corrected chi connectivity index (χ0v) is 14.0. The van der Waals surface area contributed by atoms with E-state index in [-0.39, 0.29) is 18.7 Å². The number of aliphatic hydroxyl groups excluding tert-OH is 1. The highest BCUT2D eigenvalue weighted by atomic mass is 32.2. The number of hydrogen-bond acceptors (Lipinski definition) is 6. The van der Waals surface area contributed by atoms with Crippen LogP contribution in [0.1, 0.15) is 12.8 Å². The normalized spacial score (nSPS) is 20.8. The third kappa shape index (κ3) is 2.55. The van der Waals surface area contributed by atoms with Crippen molar-refractivity contribution in [3.05, 3.63) is 18.6 Å². The number of rotatable bonds is 5. The number of aliphatic hydroxyl groups is 1. The van der Waals surface area contributed by atoms with Crippen LogP contribution in [0.4, 0.5) is 5.82 Å². The third-order valence-corrected chi connectivity index (χ3v) is 6.45. The molecule has 0 bridgehead atoms. The van der Waals surface area contributed by atoms with Gasteiger partial charge in [0.25, 0.3) is 10.2 Å². The molecule has 1 saturated carbocycles. The van der Waals surface area contributed by atoms with Crippen LogP contribution in [-0.4, -0.2) is 71.1 Å². The van der Waals surface area contributed by atoms with Crippen LogP contribution in [0.2, 0.25) is 0 Å². The van der Waals surface area contributed by atoms with Crippen molar-refractivity contribution in [2.45, 2.75) is 18.4 Å². The number of anilines is 1. The van der Waals surface area contributed by atoms with E-state index in [4.69, 9.17) is 5.11 Å². The van der Waals surface area contributed by atoms with Gasteiger partial charge in [-0.05, 0) is 18.9 Å². The number of aromatic amines is 1. The van der Waals surface area contributed by atoms with Crippen LogP contribution in [0.3, 0.4) is 0 Å². The molecule has 0 amide bonds. The molecule has 4 rings (SSSR count). The quantitative estimate of drug-likeness (QED) is 0.665. The van der Waals surface area contributed by atoms with E-state index in [0.29, 0.717) is 19.6 Å². The third-order valence-electron chi connectivity index (χ3n) is 4.73. The van der Waals surface area contributed by atoms with Crippen LogP contribution in [0.25, 0.3) is 11.0 Å². The zero-order chi connectivity index (χ0) is 16.8. The summed E-state index contributed by atoms with van der Waals surface area (Å²) in [7, 11) is -3.57. The molecule has 9 nitrogen and oxygen atoms in total. The van der Waals surface area contributed by atoms with E-state index in [0.717, 1.165) is 29.7 Å². The molecule has 2 aliphatic rings. The second kappa shape index (κ2) is 5.66. The number of aromatic nitrogens is 3. The van der Waals surface area contributed by atoms with Gasteiger partial charge < -0.3 is 15.0 Å². The molecule has 24 heavy (non-hydrogen) atoms. The molecule has 0 radical (unpaired) electrons. The predicted molar refractivity (Wildman–Crippen MR) is 88.8 cm³/mol. The second-order valence-electron chi connectivity index (χ2n) is 6.28. The van der Waals surface area contributed by atoms with Crippen LogP contribution in [0.15, 0.2) is 18.6 Å². The average Bonchev–Trinajstić information content (AvgIpc) is 3.15. The molecule has 2 aromatic rings. The van der Waals surface area contributed by atoms with Crippen LogP contribution >= 0.6 is 0 Å². The summed E-state index contributed by atoms with van der Waals surface area (Å²) in [5.41, 5.74) is 0.414. The number of hydrogen-bond donors (Lipinski definition) is 3. The number of piperazine rings is 1. The van der Waals surface area contributed by atoms with Crippen molar-refractivity contribution in [2.75, 3.05) is 37.7 Å². The van der Waals surface area contributed by atoms with Gasteiger partial charge in [-0.15, -0.1) is 0 Å². The summed E-state index contributed by atoms with van der Waals surface area (Å²) < 4.78 is 28.9. The van der Waals surface area contributed by atoms with Gasteiger partial charge in [-0.3, -0.25) is 0 Å². The fraction of sp³-hybridized carbons (Fsp3) is 0.571. The van der Waals surface area contributed by atoms with E-state index >= 15 is 0 Å². The van der Waals surface area contributed by atoms with Gasteiger partial charge in [-0.2, -0.15) is 17.4 Å². The molecule has 2 fully saturated rings. The SMILES string of the molecule is O=S(=O)(NCCO)N1CCN(c2ncnc3[nH]ccc23)CC12CC2. The Morgan fingerprint density at radius 1 is 1.33 bits per heavy atom. The van der Waals surface area contributed by atoms with E-state index in [1.54, 1.807) is 4.31 Å². The average molecular weight is 352 g/mol. The number of fused-ring (bicyclic) bond motifs is 1. The Bertz CT molecular complexity index is 847. The minimum absolute atomic E-state index is 0.0362. The standard InChI is InChI=1S/C14H20N6O3S/c21-8-5-18-24(22,23)20-7-6-19(9-14(20)2-3-14)13-11-1-4-15-12(11)16-10-17-13/h1,4,10,18,21H,2-3,5-9H2,(H,15,16,17). The van der Waals surface area contributed by atoms with Crippen molar-refractivity contribution < 1.29 is 13.5 Å². The highest BCUT2D eigenvalue weighted by Crippen LogP contribution is 2.46. The van der Waals surface area contributed by atoms with Crippen LogP contribution < -0.4 is 9.62 Å². The molecule has 1 saturated heterocycles. The Labute approximate surface area is 139 Å². The molecule has 1 aliphatic heterocycles. The lowest BCUT2D eigenvalue weighted by molar-refractivity contribution is 0.261. The van der Waals surface area contributed by atoms with Crippen LogP contribution in [0, 0.1) is 0 Å². The molecule has 130 valence electrons. The van der Waals surface area contributed by atoms with Crippen molar-refractivity contribution in [3.63, 3.8) is 0 Å². The van der Waals surface area contributed by atoms with Gasteiger partial charge >= 0.3 is 0 Å². The molecule has 3 heterocycles. The lowest BCUT2D eigenvalue weighted by Gasteiger charge is -2.41. The van der Waals surface area contributed by atoms with Gasteiger partial charge in [0.2, 0.25) is 0 Å². The van der Waals surface area contributed by atoms with Crippen molar-refractivity contribution in [1.82, 2.24) is 24.0 Å². The summed E-state index contributed by atoms with van der Waals surface area (Å²) in [6.45, 7) is 1.41. The van der Waals surface area contributed by atoms with Crippen LogP contribution in [0.5, 0.6) is 0 Å². The molecule has 1 spiro atoms. The Hall–Kier alpha value is -1.75. The molecule has 0 atom stereocenters. The van der Waals surface area contributed by atoms with E-state index in [1.807, 2.05) is 12.3 Å². The summed E-state index contributed by atoms with van der Waals surface area (Å²) in [5, 5.41) is 9.82. The maximum Gasteiger partial charge on any atom is 0.280 e. The maximum absolute atomic E-state index is 12.5. The molecule has 0 unspecified atom stereocenters. The molecule has 2 aromatic heterocycles. The first-order valence-electron chi connectivity index (χ1n) is 7.97. The van der Waals surface area contributed by atoms with Gasteiger partial charge in [0.05, 0.1) is 17.5 Å². The first-order chi connectivity index (χ1) is 11.6. The Morgan fingerprint density at radius 2 is 2.17 bits per heavy atom. The van der Waals surface area contributed by atoms with Crippen molar-refractivity contribution in [2.24, 2.45) is 0 Å². The highest BCUT2D eigenvalue weighted by Gasteiger charge is 2.55. The Kier molecular flexibility index (Phi) is 3.71. The van der Waals surface area contributed by atoms with Crippen molar-refractivity contribution in [3.8, 4) is 0 Å². The summed E-state index contributed by atoms with van der Waals surface area (Å²) in [6, 6.07) is 1.94. The Morgan fingerprint density at radius 3 is 2.92 bits per heavy atom. The van der Waals surface area contributed by atoms with Crippen molar-refractivity contribution in [1.29, 1.82) is 0 Å². The van der Waals surface area contributed by atoms with E-state index < -0.39 is 10.2 Å². The van der Waals surface area contributed by atoms with Crippen LogP contribution in [-0.2, 0) is 10.2 Å². The summed E-state index contributed by atoms with van der Waals surface area (Å²) in [4.78, 5) is 13.8. The molecule has 10 heteroatoms. The highest BCUT2D eigenvalue weighted by molar-refractivity contribution is 7.87. The largest absolute Gasteiger partial charge is 0.395 e. The van der Waals surface area contributed by atoms with Gasteiger partial charge in [-0.1, -0.05) is 0 Å². The smallest absolute Gasteiger partial charge is 0.280 e. The van der Waals surface area contributed by atoms with E-state index in [9.17, 15) is 8.42 Å². The lowest BCUT2D eigenvalue weighted by Crippen LogP contribution is -2.59. The predicted octanol–water partition coefficient (Wildman–Crippen LogP) is -0.561. The lowest BCUT2D eigenvalue weighted by atomic mass is 10.2. The van der Waals surface area contributed by atoms with Gasteiger partial charge in [0.15, 0.2) is 0 Å². The fourth-order valence-corrected chi connectivity index (χ4v) is 5.01. The van der Waals surface area contributed by atoms with Gasteiger partial charge in [-0.25, -0.2) is 9.97 Å². The molecular weight excluding hydrogens is 332 g/mol. The van der Waals surface area contributed by atoms with Crippen molar-refractivity contribution >= 4 is 27.1 Å². The minimum atomic E-state index is -3.57. The summed E-state index contributed by atoms with van der Waals surface area (Å²) in [6.07, 6.45) is 5.03. The first-order valence-corrected chi connectivity index (χ1v) is 9.41. The molecule has 3 N–H and O–H groups in total. The molecular formula is C14H20N6O3S. The molecule has 1 aliphatic carbocycles. The molecule has 0 aromatic carbocycles. The second-order valence-corrected chi connectivity index (χ2v) is 7.96.